The van der Waals surface area contributed by atoms with Crippen LogP contribution in [-0.4, -0.2) is 11.3 Å². The highest BCUT2D eigenvalue weighted by molar-refractivity contribution is 5.58. The Balaban J connectivity index is 1.70. The highest BCUT2D eigenvalue weighted by Gasteiger charge is 2.51. The summed E-state index contributed by atoms with van der Waals surface area (Å²) < 4.78 is 4.71. The summed E-state index contributed by atoms with van der Waals surface area (Å²) in [5.41, 5.74) is 0.321. The van der Waals surface area contributed by atoms with Gasteiger partial charge in [0.1, 0.15) is 5.76 Å². The lowest BCUT2D eigenvalue weighted by Crippen LogP contribution is -2.46. The molecule has 4 aliphatic carbocycles. The lowest BCUT2D eigenvalue weighted by molar-refractivity contribution is -0.0573. The average molecular weight is 236 g/mol. The molecule has 17 heavy (non-hydrogen) atoms. The van der Waals surface area contributed by atoms with E-state index in [1.165, 1.54) is 38.5 Å². The first-order chi connectivity index (χ1) is 8.05. The number of ether oxygens (including phenoxy) is 1. The third-order valence-corrected chi connectivity index (χ3v) is 4.97. The number of allylic oxidation sites excluding steroid dienone is 1. The van der Waals surface area contributed by atoms with Crippen molar-refractivity contribution in [3.63, 3.8) is 0 Å². The largest absolute Gasteiger partial charge is 0.510 e. The number of hydrogen-bond acceptors (Lipinski definition) is 2. The molecule has 4 fully saturated rings. The zero-order chi connectivity index (χ0) is 12.0. The highest BCUT2D eigenvalue weighted by Crippen LogP contribution is 2.61. The maximum Gasteiger partial charge on any atom is 0.510 e. The predicted molar refractivity (Wildman–Crippen MR) is 63.5 cm³/mol. The molecule has 0 spiro atoms. The molecule has 0 atom stereocenters. The first kappa shape index (κ1) is 11.1. The second kappa shape index (κ2) is 3.76. The summed E-state index contributed by atoms with van der Waals surface area (Å²) in [4.78, 5) is 10.5. The molecule has 0 aromatic heterocycles. The van der Waals surface area contributed by atoms with Crippen molar-refractivity contribution in [2.45, 2.75) is 44.9 Å². The van der Waals surface area contributed by atoms with Crippen LogP contribution in [0.25, 0.3) is 0 Å². The van der Waals surface area contributed by atoms with Gasteiger partial charge in [0, 0.05) is 6.42 Å². The molecule has 94 valence electrons. The molecule has 0 saturated heterocycles. The number of carbonyl (C=O) groups is 1. The molecule has 3 nitrogen and oxygen atoms in total. The molecule has 0 aromatic rings. The Bertz CT molecular complexity index is 323. The van der Waals surface area contributed by atoms with Crippen LogP contribution in [-0.2, 0) is 4.74 Å². The predicted octanol–water partition coefficient (Wildman–Crippen LogP) is 3.80. The third kappa shape index (κ3) is 2.07. The minimum atomic E-state index is -1.22. The fourth-order valence-corrected chi connectivity index (χ4v) is 5.08. The highest BCUT2D eigenvalue weighted by atomic mass is 16.7. The molecule has 4 rings (SSSR count). The SMILES string of the molecule is C=C(CC12CC3CC(CC(C3)C1)C2)OC(=O)O. The molecule has 0 aliphatic heterocycles. The van der Waals surface area contributed by atoms with Gasteiger partial charge in [-0.1, -0.05) is 6.58 Å². The minimum Gasteiger partial charge on any atom is -0.449 e. The summed E-state index contributed by atoms with van der Waals surface area (Å²) in [5.74, 6) is 3.11. The van der Waals surface area contributed by atoms with Crippen molar-refractivity contribution in [3.8, 4) is 0 Å². The summed E-state index contributed by atoms with van der Waals surface area (Å²) in [6.07, 6.45) is 7.55. The molecular formula is C14H20O3. The smallest absolute Gasteiger partial charge is 0.449 e. The van der Waals surface area contributed by atoms with Crippen LogP contribution in [0.5, 0.6) is 0 Å². The lowest BCUT2D eigenvalue weighted by Gasteiger charge is -2.57. The van der Waals surface area contributed by atoms with Gasteiger partial charge in [0.05, 0.1) is 0 Å². The molecule has 4 aliphatic rings. The van der Waals surface area contributed by atoms with Gasteiger partial charge in [0.15, 0.2) is 0 Å². The van der Waals surface area contributed by atoms with Gasteiger partial charge in [0.25, 0.3) is 0 Å². The first-order valence-corrected chi connectivity index (χ1v) is 6.63. The van der Waals surface area contributed by atoms with Crippen LogP contribution >= 0.6 is 0 Å². The zero-order valence-electron chi connectivity index (χ0n) is 10.2. The monoisotopic (exact) mass is 236 g/mol. The van der Waals surface area contributed by atoms with Crippen molar-refractivity contribution in [3.05, 3.63) is 12.3 Å². The second-order valence-electron chi connectivity index (χ2n) is 6.50. The van der Waals surface area contributed by atoms with E-state index < -0.39 is 6.16 Å². The molecule has 0 radical (unpaired) electrons. The summed E-state index contributed by atoms with van der Waals surface area (Å²) in [6, 6.07) is 0. The van der Waals surface area contributed by atoms with Crippen LogP contribution in [0.1, 0.15) is 44.9 Å². The van der Waals surface area contributed by atoms with Crippen molar-refractivity contribution in [2.75, 3.05) is 0 Å². The molecule has 0 unspecified atom stereocenters. The van der Waals surface area contributed by atoms with Gasteiger partial charge in [-0.05, 0) is 61.7 Å². The van der Waals surface area contributed by atoms with E-state index in [1.54, 1.807) is 0 Å². The Labute approximate surface area is 102 Å². The van der Waals surface area contributed by atoms with E-state index in [-0.39, 0.29) is 0 Å². The Kier molecular flexibility index (Phi) is 2.46. The van der Waals surface area contributed by atoms with Gasteiger partial charge in [-0.25, -0.2) is 4.79 Å². The van der Waals surface area contributed by atoms with E-state index in [2.05, 4.69) is 6.58 Å². The van der Waals surface area contributed by atoms with Gasteiger partial charge in [-0.3, -0.25) is 0 Å². The normalized spacial score (nSPS) is 42.5. The van der Waals surface area contributed by atoms with E-state index in [4.69, 9.17) is 9.84 Å². The molecule has 0 heterocycles. The van der Waals surface area contributed by atoms with Crippen molar-refractivity contribution >= 4 is 6.16 Å². The fourth-order valence-electron chi connectivity index (χ4n) is 5.08. The van der Waals surface area contributed by atoms with Crippen LogP contribution in [0.4, 0.5) is 4.79 Å². The van der Waals surface area contributed by atoms with Crippen molar-refractivity contribution in [1.82, 2.24) is 0 Å². The quantitative estimate of drug-likeness (QED) is 0.599. The Morgan fingerprint density at radius 1 is 1.18 bits per heavy atom. The summed E-state index contributed by atoms with van der Waals surface area (Å²) in [6.45, 7) is 3.77. The molecule has 0 amide bonds. The third-order valence-electron chi connectivity index (χ3n) is 4.97. The number of carboxylic acid groups (broad SMARTS) is 1. The Morgan fingerprint density at radius 2 is 1.65 bits per heavy atom. The number of hydrogen-bond donors (Lipinski definition) is 1. The van der Waals surface area contributed by atoms with E-state index in [0.717, 1.165) is 24.2 Å². The Morgan fingerprint density at radius 3 is 2.06 bits per heavy atom. The molecular weight excluding hydrogens is 216 g/mol. The van der Waals surface area contributed by atoms with Crippen LogP contribution < -0.4 is 0 Å². The number of rotatable bonds is 3. The van der Waals surface area contributed by atoms with E-state index in [0.29, 0.717) is 11.2 Å². The lowest BCUT2D eigenvalue weighted by atomic mass is 9.49. The second-order valence-corrected chi connectivity index (χ2v) is 6.50. The van der Waals surface area contributed by atoms with Gasteiger partial charge in [0.2, 0.25) is 0 Å². The molecule has 0 aromatic carbocycles. The van der Waals surface area contributed by atoms with Crippen LogP contribution in [0.3, 0.4) is 0 Å². The van der Waals surface area contributed by atoms with Crippen LogP contribution in [0.2, 0.25) is 0 Å². The van der Waals surface area contributed by atoms with Gasteiger partial charge in [-0.2, -0.15) is 0 Å². The van der Waals surface area contributed by atoms with E-state index in [1.807, 2.05) is 0 Å². The molecule has 4 saturated carbocycles. The fraction of sp³-hybridized carbons (Fsp3) is 0.786. The topological polar surface area (TPSA) is 46.5 Å². The summed E-state index contributed by atoms with van der Waals surface area (Å²) in [7, 11) is 0. The molecule has 4 bridgehead atoms. The minimum absolute atomic E-state index is 0.321. The standard InChI is InChI=1S/C14H20O3/c1-9(17-13(15)16)5-14-6-10-2-11(7-14)4-12(3-10)8-14/h10-12H,1-8H2,(H,15,16). The van der Waals surface area contributed by atoms with E-state index >= 15 is 0 Å². The first-order valence-electron chi connectivity index (χ1n) is 6.63. The van der Waals surface area contributed by atoms with Crippen molar-refractivity contribution in [2.24, 2.45) is 23.2 Å². The van der Waals surface area contributed by atoms with Gasteiger partial charge < -0.3 is 9.84 Å². The Hall–Kier alpha value is -0.990. The van der Waals surface area contributed by atoms with Crippen LogP contribution in [0, 0.1) is 23.2 Å². The van der Waals surface area contributed by atoms with Crippen molar-refractivity contribution < 1.29 is 14.6 Å². The maximum absolute atomic E-state index is 10.5. The maximum atomic E-state index is 10.5. The van der Waals surface area contributed by atoms with Crippen LogP contribution in [0.15, 0.2) is 12.3 Å². The van der Waals surface area contributed by atoms with E-state index in [9.17, 15) is 4.79 Å². The summed E-state index contributed by atoms with van der Waals surface area (Å²) in [5, 5.41) is 8.61. The molecule has 1 N–H and O–H groups in total. The molecule has 3 heteroatoms. The zero-order valence-corrected chi connectivity index (χ0v) is 10.2. The van der Waals surface area contributed by atoms with Gasteiger partial charge in [-0.15, -0.1) is 0 Å². The van der Waals surface area contributed by atoms with Gasteiger partial charge >= 0.3 is 6.16 Å². The summed E-state index contributed by atoms with van der Waals surface area (Å²) >= 11 is 0. The van der Waals surface area contributed by atoms with Crippen molar-refractivity contribution in [1.29, 1.82) is 0 Å². The average Bonchev–Trinajstić information content (AvgIpc) is 2.11.